The Kier molecular flexibility index (Phi) is 3.68. The van der Waals surface area contributed by atoms with Crippen LogP contribution in [-0.2, 0) is 0 Å². The molecule has 4 heteroatoms. The summed E-state index contributed by atoms with van der Waals surface area (Å²) in [6.45, 7) is 8.55. The van der Waals surface area contributed by atoms with E-state index in [0.29, 0.717) is 18.5 Å². The summed E-state index contributed by atoms with van der Waals surface area (Å²) in [7, 11) is 0. The number of rotatable bonds is 4. The minimum absolute atomic E-state index is 0.360. The van der Waals surface area contributed by atoms with Gasteiger partial charge in [-0.3, -0.25) is 0 Å². The van der Waals surface area contributed by atoms with Crippen LogP contribution in [0.1, 0.15) is 26.6 Å². The van der Waals surface area contributed by atoms with Crippen LogP contribution >= 0.6 is 0 Å². The molecular formula is C10H17N3O. The lowest BCUT2D eigenvalue weighted by Gasteiger charge is -2.10. The van der Waals surface area contributed by atoms with Crippen molar-refractivity contribution >= 4 is 5.82 Å². The van der Waals surface area contributed by atoms with E-state index in [1.165, 1.54) is 0 Å². The van der Waals surface area contributed by atoms with Crippen LogP contribution in [0.25, 0.3) is 0 Å². The molecule has 78 valence electrons. The van der Waals surface area contributed by atoms with Gasteiger partial charge in [0.1, 0.15) is 11.6 Å². The van der Waals surface area contributed by atoms with Crippen LogP contribution in [0, 0.1) is 6.92 Å². The number of nitrogens with one attached hydrogen (secondary N) is 1. The Balaban J connectivity index is 2.83. The molecule has 1 aromatic heterocycles. The normalized spacial score (nSPS) is 10.4. The van der Waals surface area contributed by atoms with Crippen molar-refractivity contribution in [1.29, 1.82) is 0 Å². The molecule has 1 heterocycles. The fraction of sp³-hybridized carbons (Fsp3) is 0.600. The van der Waals surface area contributed by atoms with E-state index in [-0.39, 0.29) is 0 Å². The molecule has 0 bridgehead atoms. The predicted molar refractivity (Wildman–Crippen MR) is 56.7 cm³/mol. The van der Waals surface area contributed by atoms with Crippen molar-refractivity contribution in [2.75, 3.05) is 11.9 Å². The molecule has 0 aliphatic carbocycles. The average Bonchev–Trinajstić information content (AvgIpc) is 2.01. The monoisotopic (exact) mass is 195 g/mol. The van der Waals surface area contributed by atoms with Crippen LogP contribution in [0.2, 0.25) is 0 Å². The molecule has 0 saturated heterocycles. The second kappa shape index (κ2) is 4.79. The predicted octanol–water partition coefficient (Wildman–Crippen LogP) is 2.00. The Morgan fingerprint density at radius 1 is 1.43 bits per heavy atom. The maximum atomic E-state index is 5.32. The highest BCUT2D eigenvalue weighted by molar-refractivity contribution is 5.38. The molecule has 0 atom stereocenters. The summed E-state index contributed by atoms with van der Waals surface area (Å²) in [5, 5.41) is 3.21. The molecule has 14 heavy (non-hydrogen) atoms. The molecule has 0 fully saturated rings. The van der Waals surface area contributed by atoms with E-state index in [4.69, 9.17) is 4.74 Å². The molecular weight excluding hydrogens is 178 g/mol. The summed E-state index contributed by atoms with van der Waals surface area (Å²) in [5.74, 6) is 2.16. The van der Waals surface area contributed by atoms with E-state index < -0.39 is 0 Å². The van der Waals surface area contributed by atoms with Crippen LogP contribution in [0.15, 0.2) is 6.07 Å². The SMILES string of the molecule is CCOc1cc(NC(C)C)nc(C)n1. The van der Waals surface area contributed by atoms with Gasteiger partial charge in [-0.2, -0.15) is 4.98 Å². The lowest BCUT2D eigenvalue weighted by Crippen LogP contribution is -2.12. The Morgan fingerprint density at radius 3 is 2.71 bits per heavy atom. The molecule has 0 amide bonds. The van der Waals surface area contributed by atoms with E-state index in [0.717, 1.165) is 11.6 Å². The highest BCUT2D eigenvalue weighted by Gasteiger charge is 2.02. The van der Waals surface area contributed by atoms with Gasteiger partial charge in [0, 0.05) is 12.1 Å². The maximum Gasteiger partial charge on any atom is 0.218 e. The molecule has 4 nitrogen and oxygen atoms in total. The zero-order valence-corrected chi connectivity index (χ0v) is 9.16. The topological polar surface area (TPSA) is 47.0 Å². The summed E-state index contributed by atoms with van der Waals surface area (Å²) in [4.78, 5) is 8.41. The smallest absolute Gasteiger partial charge is 0.218 e. The van der Waals surface area contributed by atoms with Crippen LogP contribution in [0.4, 0.5) is 5.82 Å². The molecule has 0 aliphatic heterocycles. The third-order valence-corrected chi connectivity index (χ3v) is 1.54. The Morgan fingerprint density at radius 2 is 2.14 bits per heavy atom. The minimum Gasteiger partial charge on any atom is -0.478 e. The largest absolute Gasteiger partial charge is 0.478 e. The summed E-state index contributed by atoms with van der Waals surface area (Å²) >= 11 is 0. The molecule has 0 aromatic carbocycles. The first-order valence-corrected chi connectivity index (χ1v) is 4.87. The summed E-state index contributed by atoms with van der Waals surface area (Å²) in [6.07, 6.45) is 0. The third-order valence-electron chi connectivity index (χ3n) is 1.54. The van der Waals surface area contributed by atoms with Crippen molar-refractivity contribution in [3.8, 4) is 5.88 Å². The highest BCUT2D eigenvalue weighted by Crippen LogP contribution is 2.13. The fourth-order valence-electron chi connectivity index (χ4n) is 1.13. The van der Waals surface area contributed by atoms with Crippen molar-refractivity contribution in [1.82, 2.24) is 9.97 Å². The van der Waals surface area contributed by atoms with Crippen LogP contribution in [0.5, 0.6) is 5.88 Å². The molecule has 0 saturated carbocycles. The van der Waals surface area contributed by atoms with E-state index in [1.54, 1.807) is 0 Å². The first kappa shape index (κ1) is 10.8. The quantitative estimate of drug-likeness (QED) is 0.798. The molecule has 1 rings (SSSR count). The summed E-state index contributed by atoms with van der Waals surface area (Å²) < 4.78 is 5.32. The minimum atomic E-state index is 0.360. The van der Waals surface area contributed by atoms with Crippen molar-refractivity contribution in [2.45, 2.75) is 33.7 Å². The molecule has 0 unspecified atom stereocenters. The van der Waals surface area contributed by atoms with Crippen LogP contribution in [-0.4, -0.2) is 22.6 Å². The second-order valence-corrected chi connectivity index (χ2v) is 3.37. The lowest BCUT2D eigenvalue weighted by molar-refractivity contribution is 0.325. The summed E-state index contributed by atoms with van der Waals surface area (Å²) in [5.41, 5.74) is 0. The van der Waals surface area contributed by atoms with Gasteiger partial charge in [-0.1, -0.05) is 0 Å². The molecule has 1 aromatic rings. The Hall–Kier alpha value is -1.32. The van der Waals surface area contributed by atoms with E-state index in [9.17, 15) is 0 Å². The zero-order valence-electron chi connectivity index (χ0n) is 9.16. The first-order chi connectivity index (χ1) is 6.61. The second-order valence-electron chi connectivity index (χ2n) is 3.37. The van der Waals surface area contributed by atoms with Crippen LogP contribution < -0.4 is 10.1 Å². The average molecular weight is 195 g/mol. The van der Waals surface area contributed by atoms with Crippen molar-refractivity contribution in [3.05, 3.63) is 11.9 Å². The molecule has 0 aliphatic rings. The van der Waals surface area contributed by atoms with Crippen molar-refractivity contribution < 1.29 is 4.74 Å². The van der Waals surface area contributed by atoms with E-state index in [2.05, 4.69) is 29.1 Å². The van der Waals surface area contributed by atoms with Gasteiger partial charge in [-0.15, -0.1) is 0 Å². The molecule has 0 spiro atoms. The number of ether oxygens (including phenoxy) is 1. The van der Waals surface area contributed by atoms with Crippen LogP contribution in [0.3, 0.4) is 0 Å². The lowest BCUT2D eigenvalue weighted by atomic mass is 10.4. The van der Waals surface area contributed by atoms with Gasteiger partial charge in [-0.25, -0.2) is 4.98 Å². The molecule has 0 radical (unpaired) electrons. The van der Waals surface area contributed by atoms with Gasteiger partial charge in [0.15, 0.2) is 0 Å². The van der Waals surface area contributed by atoms with E-state index >= 15 is 0 Å². The standard InChI is InChI=1S/C10H17N3O/c1-5-14-10-6-9(11-7(2)3)12-8(4)13-10/h6-7H,5H2,1-4H3,(H,11,12,13). The first-order valence-electron chi connectivity index (χ1n) is 4.87. The van der Waals surface area contributed by atoms with Crippen molar-refractivity contribution in [2.24, 2.45) is 0 Å². The number of aromatic nitrogens is 2. The van der Waals surface area contributed by atoms with Gasteiger partial charge >= 0.3 is 0 Å². The van der Waals surface area contributed by atoms with E-state index in [1.807, 2.05) is 19.9 Å². The van der Waals surface area contributed by atoms with Gasteiger partial charge in [0.05, 0.1) is 6.61 Å². The van der Waals surface area contributed by atoms with Gasteiger partial charge in [-0.05, 0) is 27.7 Å². The molecule has 1 N–H and O–H groups in total. The van der Waals surface area contributed by atoms with Gasteiger partial charge < -0.3 is 10.1 Å². The van der Waals surface area contributed by atoms with Gasteiger partial charge in [0.25, 0.3) is 0 Å². The number of nitrogens with zero attached hydrogens (tertiary/aromatic N) is 2. The van der Waals surface area contributed by atoms with Gasteiger partial charge in [0.2, 0.25) is 5.88 Å². The Bertz CT molecular complexity index is 299. The number of hydrogen-bond donors (Lipinski definition) is 1. The maximum absolute atomic E-state index is 5.32. The number of hydrogen-bond acceptors (Lipinski definition) is 4. The fourth-order valence-corrected chi connectivity index (χ4v) is 1.13. The number of aryl methyl sites for hydroxylation is 1. The highest BCUT2D eigenvalue weighted by atomic mass is 16.5. The summed E-state index contributed by atoms with van der Waals surface area (Å²) in [6, 6.07) is 2.18. The van der Waals surface area contributed by atoms with Crippen molar-refractivity contribution in [3.63, 3.8) is 0 Å². The Labute approximate surface area is 84.7 Å². The number of anilines is 1. The zero-order chi connectivity index (χ0) is 10.6. The third kappa shape index (κ3) is 3.20.